The van der Waals surface area contributed by atoms with Crippen LogP contribution in [0.4, 0.5) is 0 Å². The first kappa shape index (κ1) is 11.8. The van der Waals surface area contributed by atoms with Crippen LogP contribution in [-0.4, -0.2) is 20.3 Å². The van der Waals surface area contributed by atoms with Gasteiger partial charge in [0.1, 0.15) is 5.75 Å². The molecule has 78 valence electrons. The minimum absolute atomic E-state index is 0.154. The Hall–Kier alpha value is -0.260. The van der Waals surface area contributed by atoms with E-state index >= 15 is 0 Å². The first-order valence-corrected chi connectivity index (χ1v) is 7.76. The highest BCUT2D eigenvalue weighted by Gasteiger charge is 2.14. The molecule has 1 rings (SSSR count). The van der Waals surface area contributed by atoms with Gasteiger partial charge in [-0.25, -0.2) is 0 Å². The van der Waals surface area contributed by atoms with Crippen LogP contribution >= 0.6 is 6.72 Å². The maximum absolute atomic E-state index is 11.2. The van der Waals surface area contributed by atoms with E-state index in [1.165, 1.54) is 12.3 Å². The molecule has 0 fully saturated rings. The molecule has 0 aliphatic rings. The Morgan fingerprint density at radius 3 is 2.50 bits per heavy atom. The molecule has 14 heavy (non-hydrogen) atoms. The summed E-state index contributed by atoms with van der Waals surface area (Å²) in [6.45, 7) is -3.76. The molecule has 0 spiro atoms. The normalized spacial score (nSPS) is 13.6. The average molecular weight is 252 g/mol. The maximum Gasteiger partial charge on any atom is 0.375 e. The Morgan fingerprint density at radius 2 is 2.00 bits per heavy atom. The van der Waals surface area contributed by atoms with Gasteiger partial charge in [-0.05, 0) is 12.1 Å². The standard InChI is InChI=1S/C7H9O4PS2/c1-14(10)7-5-3-2-4-6(7)11-12(8,9)13/h2-5H,1H3,(H2,8,9,13). The van der Waals surface area contributed by atoms with Crippen LogP contribution < -0.4 is 4.52 Å². The van der Waals surface area contributed by atoms with Crippen LogP contribution in [0.5, 0.6) is 5.75 Å². The molecule has 0 saturated heterocycles. The van der Waals surface area contributed by atoms with E-state index in [2.05, 4.69) is 11.8 Å². The van der Waals surface area contributed by atoms with E-state index in [1.807, 2.05) is 0 Å². The van der Waals surface area contributed by atoms with E-state index < -0.39 is 17.5 Å². The van der Waals surface area contributed by atoms with E-state index in [0.29, 0.717) is 4.90 Å². The number of para-hydroxylation sites is 1. The van der Waals surface area contributed by atoms with Crippen molar-refractivity contribution in [3.63, 3.8) is 0 Å². The van der Waals surface area contributed by atoms with E-state index in [4.69, 9.17) is 14.3 Å². The van der Waals surface area contributed by atoms with Gasteiger partial charge in [0, 0.05) is 18.1 Å². The molecule has 2 N–H and O–H groups in total. The minimum atomic E-state index is -3.76. The van der Waals surface area contributed by atoms with Crippen LogP contribution in [0.3, 0.4) is 0 Å². The first-order valence-electron chi connectivity index (χ1n) is 3.58. The van der Waals surface area contributed by atoms with Gasteiger partial charge in [-0.3, -0.25) is 4.21 Å². The highest BCUT2D eigenvalue weighted by molar-refractivity contribution is 8.06. The molecular weight excluding hydrogens is 243 g/mol. The lowest BCUT2D eigenvalue weighted by Crippen LogP contribution is -1.95. The third-order valence-electron chi connectivity index (χ3n) is 1.38. The summed E-state index contributed by atoms with van der Waals surface area (Å²) in [4.78, 5) is 18.3. The molecule has 1 aromatic rings. The summed E-state index contributed by atoms with van der Waals surface area (Å²) < 4.78 is 15.9. The molecule has 0 aliphatic heterocycles. The summed E-state index contributed by atoms with van der Waals surface area (Å²) in [5.74, 6) is 0.154. The average Bonchev–Trinajstić information content (AvgIpc) is 2.01. The lowest BCUT2D eigenvalue weighted by atomic mass is 10.3. The number of rotatable bonds is 3. The second-order valence-corrected chi connectivity index (χ2v) is 6.42. The van der Waals surface area contributed by atoms with E-state index in [0.717, 1.165) is 0 Å². The summed E-state index contributed by atoms with van der Waals surface area (Å²) >= 11 is 4.31. The molecule has 1 aromatic carbocycles. The molecule has 7 heteroatoms. The van der Waals surface area contributed by atoms with Gasteiger partial charge in [-0.15, -0.1) is 0 Å². The number of hydrogen-bond acceptors (Lipinski definition) is 3. The first-order chi connectivity index (χ1) is 6.40. The molecule has 1 unspecified atom stereocenters. The van der Waals surface area contributed by atoms with Crippen molar-refractivity contribution in [2.45, 2.75) is 4.90 Å². The lowest BCUT2D eigenvalue weighted by Gasteiger charge is -2.12. The quantitative estimate of drug-likeness (QED) is 0.786. The fourth-order valence-electron chi connectivity index (χ4n) is 0.891. The summed E-state index contributed by atoms with van der Waals surface area (Å²) in [5.41, 5.74) is 0. The second kappa shape index (κ2) is 4.51. The zero-order valence-electron chi connectivity index (χ0n) is 7.28. The topological polar surface area (TPSA) is 66.8 Å². The van der Waals surface area contributed by atoms with Crippen LogP contribution in [0.2, 0.25) is 0 Å². The molecule has 1 atom stereocenters. The monoisotopic (exact) mass is 252 g/mol. The van der Waals surface area contributed by atoms with Gasteiger partial charge in [0.15, 0.2) is 0 Å². The van der Waals surface area contributed by atoms with Crippen molar-refractivity contribution in [1.29, 1.82) is 0 Å². The third kappa shape index (κ3) is 3.48. The Morgan fingerprint density at radius 1 is 1.43 bits per heavy atom. The van der Waals surface area contributed by atoms with Crippen LogP contribution in [0, 0.1) is 0 Å². The molecule has 0 aliphatic carbocycles. The fraction of sp³-hybridized carbons (Fsp3) is 0.143. The van der Waals surface area contributed by atoms with Crippen molar-refractivity contribution in [2.75, 3.05) is 6.26 Å². The summed E-state index contributed by atoms with van der Waals surface area (Å²) in [5, 5.41) is 0. The Labute approximate surface area is 89.3 Å². The van der Waals surface area contributed by atoms with Crippen molar-refractivity contribution in [3.05, 3.63) is 24.3 Å². The number of hydrogen-bond donors (Lipinski definition) is 2. The van der Waals surface area contributed by atoms with Gasteiger partial charge >= 0.3 is 6.72 Å². The van der Waals surface area contributed by atoms with Gasteiger partial charge in [-0.2, -0.15) is 0 Å². The van der Waals surface area contributed by atoms with Crippen LogP contribution in [0.1, 0.15) is 0 Å². The molecule has 0 radical (unpaired) electrons. The zero-order chi connectivity index (χ0) is 10.8. The molecule has 0 heterocycles. The summed E-state index contributed by atoms with van der Waals surface area (Å²) in [7, 11) is -1.25. The largest absolute Gasteiger partial charge is 0.423 e. The van der Waals surface area contributed by atoms with E-state index in [1.54, 1.807) is 18.2 Å². The lowest BCUT2D eigenvalue weighted by molar-refractivity contribution is 0.367. The smallest absolute Gasteiger partial charge is 0.375 e. The van der Waals surface area contributed by atoms with Crippen molar-refractivity contribution >= 4 is 29.3 Å². The predicted molar refractivity (Wildman–Crippen MR) is 58.1 cm³/mol. The van der Waals surface area contributed by atoms with Gasteiger partial charge in [0.2, 0.25) is 0 Å². The summed E-state index contributed by atoms with van der Waals surface area (Å²) in [6, 6.07) is 6.39. The Bertz CT molecular complexity index is 400. The molecule has 0 bridgehead atoms. The summed E-state index contributed by atoms with van der Waals surface area (Å²) in [6.07, 6.45) is 1.47. The SMILES string of the molecule is CS(=O)c1ccccc1OP(O)(O)=S. The highest BCUT2D eigenvalue weighted by Crippen LogP contribution is 2.39. The molecule has 0 amide bonds. The zero-order valence-corrected chi connectivity index (χ0v) is 9.81. The van der Waals surface area contributed by atoms with Crippen LogP contribution in [0.25, 0.3) is 0 Å². The highest BCUT2D eigenvalue weighted by atomic mass is 32.5. The van der Waals surface area contributed by atoms with Crippen molar-refractivity contribution in [3.8, 4) is 5.75 Å². The van der Waals surface area contributed by atoms with Crippen molar-refractivity contribution < 1.29 is 18.5 Å². The fourth-order valence-corrected chi connectivity index (χ4v) is 2.27. The van der Waals surface area contributed by atoms with Crippen molar-refractivity contribution in [1.82, 2.24) is 0 Å². The van der Waals surface area contributed by atoms with Crippen molar-refractivity contribution in [2.24, 2.45) is 0 Å². The third-order valence-corrected chi connectivity index (χ3v) is 2.99. The number of benzene rings is 1. The minimum Gasteiger partial charge on any atom is -0.423 e. The van der Waals surface area contributed by atoms with Gasteiger partial charge in [-0.1, -0.05) is 12.1 Å². The maximum atomic E-state index is 11.2. The molecule has 0 aromatic heterocycles. The van der Waals surface area contributed by atoms with Gasteiger partial charge in [0.05, 0.1) is 15.7 Å². The Kier molecular flexibility index (Phi) is 3.80. The van der Waals surface area contributed by atoms with Crippen LogP contribution in [-0.2, 0) is 22.6 Å². The predicted octanol–water partition coefficient (Wildman–Crippen LogP) is 1.01. The van der Waals surface area contributed by atoms with Gasteiger partial charge in [0.25, 0.3) is 0 Å². The molecular formula is C7H9O4PS2. The molecule has 0 saturated carbocycles. The van der Waals surface area contributed by atoms with E-state index in [9.17, 15) is 4.21 Å². The molecule has 4 nitrogen and oxygen atoms in total. The Balaban J connectivity index is 3.08. The van der Waals surface area contributed by atoms with Gasteiger partial charge < -0.3 is 14.3 Å². The van der Waals surface area contributed by atoms with Crippen LogP contribution in [0.15, 0.2) is 29.2 Å². The van der Waals surface area contributed by atoms with E-state index in [-0.39, 0.29) is 5.75 Å². The second-order valence-electron chi connectivity index (χ2n) is 2.48.